The lowest BCUT2D eigenvalue weighted by Gasteiger charge is -2.07. The van der Waals surface area contributed by atoms with Crippen LogP contribution in [0.4, 0.5) is 18.9 Å². The SMILES string of the molecule is O=C(C=Cc1ccc2c(c1)OCO2)NCC(=O)Nc1ccc(F)c(F)c1F. The fourth-order valence-corrected chi connectivity index (χ4v) is 2.23. The van der Waals surface area contributed by atoms with Gasteiger partial charge in [-0.2, -0.15) is 0 Å². The molecule has 0 fully saturated rings. The highest BCUT2D eigenvalue weighted by Crippen LogP contribution is 2.32. The van der Waals surface area contributed by atoms with E-state index in [1.807, 2.05) is 5.32 Å². The van der Waals surface area contributed by atoms with Gasteiger partial charge in [0.15, 0.2) is 29.0 Å². The van der Waals surface area contributed by atoms with Gasteiger partial charge in [0, 0.05) is 6.08 Å². The topological polar surface area (TPSA) is 76.7 Å². The van der Waals surface area contributed by atoms with Crippen LogP contribution in [0.25, 0.3) is 6.08 Å². The van der Waals surface area contributed by atoms with Gasteiger partial charge in [-0.3, -0.25) is 9.59 Å². The Balaban J connectivity index is 1.51. The van der Waals surface area contributed by atoms with E-state index in [-0.39, 0.29) is 6.79 Å². The van der Waals surface area contributed by atoms with Crippen molar-refractivity contribution in [1.29, 1.82) is 0 Å². The highest BCUT2D eigenvalue weighted by molar-refractivity contribution is 5.98. The molecule has 0 saturated carbocycles. The maximum atomic E-state index is 13.5. The molecule has 0 unspecified atom stereocenters. The number of carbonyl (C=O) groups is 2. The van der Waals surface area contributed by atoms with E-state index in [9.17, 15) is 22.8 Å². The summed E-state index contributed by atoms with van der Waals surface area (Å²) in [7, 11) is 0. The molecular formula is C18H13F3N2O4. The molecule has 2 aromatic carbocycles. The van der Waals surface area contributed by atoms with Crippen LogP contribution in [0, 0.1) is 17.5 Å². The van der Waals surface area contributed by atoms with Crippen molar-refractivity contribution in [2.75, 3.05) is 18.7 Å². The van der Waals surface area contributed by atoms with Crippen molar-refractivity contribution < 1.29 is 32.2 Å². The molecule has 1 aliphatic rings. The number of ether oxygens (including phenoxy) is 2. The van der Waals surface area contributed by atoms with Gasteiger partial charge in [-0.1, -0.05) is 6.07 Å². The molecule has 0 spiro atoms. The Hall–Kier alpha value is -3.49. The number of halogens is 3. The number of hydrogen-bond donors (Lipinski definition) is 2. The third kappa shape index (κ3) is 4.38. The predicted molar refractivity (Wildman–Crippen MR) is 89.6 cm³/mol. The second-order valence-corrected chi connectivity index (χ2v) is 5.43. The largest absolute Gasteiger partial charge is 0.454 e. The first-order chi connectivity index (χ1) is 12.9. The lowest BCUT2D eigenvalue weighted by Crippen LogP contribution is -2.32. The Morgan fingerprint density at radius 3 is 2.63 bits per heavy atom. The van der Waals surface area contributed by atoms with Gasteiger partial charge in [0.2, 0.25) is 18.6 Å². The molecule has 0 saturated heterocycles. The lowest BCUT2D eigenvalue weighted by atomic mass is 10.2. The van der Waals surface area contributed by atoms with Gasteiger partial charge >= 0.3 is 0 Å². The van der Waals surface area contributed by atoms with Crippen LogP contribution in [0.15, 0.2) is 36.4 Å². The molecule has 0 bridgehead atoms. The van der Waals surface area contributed by atoms with Crippen LogP contribution in [0.2, 0.25) is 0 Å². The maximum absolute atomic E-state index is 13.5. The number of fused-ring (bicyclic) bond motifs is 1. The number of carbonyl (C=O) groups excluding carboxylic acids is 2. The first-order valence-electron chi connectivity index (χ1n) is 7.73. The third-order valence-electron chi connectivity index (χ3n) is 3.56. The summed E-state index contributed by atoms with van der Waals surface area (Å²) in [4.78, 5) is 23.5. The van der Waals surface area contributed by atoms with E-state index in [4.69, 9.17) is 9.47 Å². The molecule has 1 heterocycles. The van der Waals surface area contributed by atoms with Gasteiger partial charge < -0.3 is 20.1 Å². The maximum Gasteiger partial charge on any atom is 0.244 e. The summed E-state index contributed by atoms with van der Waals surface area (Å²) in [6.45, 7) is -0.348. The molecule has 2 N–H and O–H groups in total. The van der Waals surface area contributed by atoms with Crippen molar-refractivity contribution >= 4 is 23.6 Å². The van der Waals surface area contributed by atoms with Gasteiger partial charge in [0.1, 0.15) is 0 Å². The zero-order chi connectivity index (χ0) is 19.4. The van der Waals surface area contributed by atoms with E-state index in [1.54, 1.807) is 18.2 Å². The summed E-state index contributed by atoms with van der Waals surface area (Å²) in [6.07, 6.45) is 2.70. The van der Waals surface area contributed by atoms with E-state index in [0.29, 0.717) is 23.1 Å². The van der Waals surface area contributed by atoms with Crippen molar-refractivity contribution in [1.82, 2.24) is 5.32 Å². The monoisotopic (exact) mass is 378 g/mol. The molecule has 27 heavy (non-hydrogen) atoms. The van der Waals surface area contributed by atoms with Crippen molar-refractivity contribution in [3.05, 3.63) is 59.4 Å². The van der Waals surface area contributed by atoms with E-state index in [1.165, 1.54) is 12.2 Å². The van der Waals surface area contributed by atoms with Gasteiger partial charge in [-0.25, -0.2) is 13.2 Å². The number of benzene rings is 2. The Morgan fingerprint density at radius 1 is 1.04 bits per heavy atom. The van der Waals surface area contributed by atoms with Gasteiger partial charge in [-0.05, 0) is 35.9 Å². The molecule has 0 aromatic heterocycles. The number of anilines is 1. The first kappa shape index (κ1) is 18.3. The smallest absolute Gasteiger partial charge is 0.244 e. The zero-order valence-electron chi connectivity index (χ0n) is 13.7. The summed E-state index contributed by atoms with van der Waals surface area (Å²) < 4.78 is 49.8. The Morgan fingerprint density at radius 2 is 1.81 bits per heavy atom. The van der Waals surface area contributed by atoms with Crippen LogP contribution in [0.1, 0.15) is 5.56 Å². The van der Waals surface area contributed by atoms with Crippen LogP contribution < -0.4 is 20.1 Å². The fraction of sp³-hybridized carbons (Fsp3) is 0.111. The Bertz CT molecular complexity index is 931. The number of hydrogen-bond acceptors (Lipinski definition) is 4. The molecule has 0 atom stereocenters. The van der Waals surface area contributed by atoms with Crippen LogP contribution in [0.3, 0.4) is 0 Å². The van der Waals surface area contributed by atoms with Crippen molar-refractivity contribution in [3.8, 4) is 11.5 Å². The van der Waals surface area contributed by atoms with Gasteiger partial charge in [0.05, 0.1) is 12.2 Å². The average Bonchev–Trinajstić information content (AvgIpc) is 3.13. The van der Waals surface area contributed by atoms with Crippen molar-refractivity contribution in [3.63, 3.8) is 0 Å². The third-order valence-corrected chi connectivity index (χ3v) is 3.56. The molecule has 1 aliphatic heterocycles. The van der Waals surface area contributed by atoms with Crippen LogP contribution >= 0.6 is 0 Å². The van der Waals surface area contributed by atoms with E-state index in [2.05, 4.69) is 5.32 Å². The molecule has 0 radical (unpaired) electrons. The predicted octanol–water partition coefficient (Wildman–Crippen LogP) is 2.60. The van der Waals surface area contributed by atoms with Crippen LogP contribution in [0.5, 0.6) is 11.5 Å². The van der Waals surface area contributed by atoms with E-state index >= 15 is 0 Å². The Kier molecular flexibility index (Phi) is 5.30. The highest BCUT2D eigenvalue weighted by atomic mass is 19.2. The molecule has 2 aromatic rings. The second kappa shape index (κ2) is 7.81. The molecule has 140 valence electrons. The fourth-order valence-electron chi connectivity index (χ4n) is 2.23. The van der Waals surface area contributed by atoms with Crippen LogP contribution in [-0.4, -0.2) is 25.2 Å². The highest BCUT2D eigenvalue weighted by Gasteiger charge is 2.15. The minimum atomic E-state index is -1.69. The Labute approximate surface area is 151 Å². The molecule has 9 heteroatoms. The minimum absolute atomic E-state index is 0.136. The standard InChI is InChI=1S/C18H13F3N2O4/c19-11-3-4-12(18(21)17(11)20)23-16(25)8-22-15(24)6-2-10-1-5-13-14(7-10)27-9-26-13/h1-7H,8-9H2,(H,22,24)(H,23,25). The number of nitrogens with one attached hydrogen (secondary N) is 2. The van der Waals surface area contributed by atoms with Crippen molar-refractivity contribution in [2.24, 2.45) is 0 Å². The average molecular weight is 378 g/mol. The summed E-state index contributed by atoms with van der Waals surface area (Å²) in [6, 6.07) is 6.66. The summed E-state index contributed by atoms with van der Waals surface area (Å²) in [5.41, 5.74) is 0.159. The summed E-state index contributed by atoms with van der Waals surface area (Å²) in [5.74, 6) is -4.78. The van der Waals surface area contributed by atoms with Gasteiger partial charge in [0.25, 0.3) is 0 Å². The van der Waals surface area contributed by atoms with E-state index < -0.39 is 41.5 Å². The first-order valence-corrected chi connectivity index (χ1v) is 7.73. The quantitative estimate of drug-likeness (QED) is 0.620. The molecule has 3 rings (SSSR count). The zero-order valence-corrected chi connectivity index (χ0v) is 13.7. The number of rotatable bonds is 5. The summed E-state index contributed by atoms with van der Waals surface area (Å²) >= 11 is 0. The molecule has 0 aliphatic carbocycles. The molecule has 2 amide bonds. The van der Waals surface area contributed by atoms with Crippen LogP contribution in [-0.2, 0) is 9.59 Å². The lowest BCUT2D eigenvalue weighted by molar-refractivity contribution is -0.121. The molecule has 6 nitrogen and oxygen atoms in total. The normalized spacial score (nSPS) is 12.3. The molecular weight excluding hydrogens is 365 g/mol. The second-order valence-electron chi connectivity index (χ2n) is 5.43. The minimum Gasteiger partial charge on any atom is -0.454 e. The van der Waals surface area contributed by atoms with Gasteiger partial charge in [-0.15, -0.1) is 0 Å². The summed E-state index contributed by atoms with van der Waals surface area (Å²) in [5, 5.41) is 4.33. The number of amides is 2. The van der Waals surface area contributed by atoms with E-state index in [0.717, 1.165) is 6.07 Å². The van der Waals surface area contributed by atoms with Crippen molar-refractivity contribution in [2.45, 2.75) is 0 Å².